The van der Waals surface area contributed by atoms with Crippen molar-refractivity contribution in [1.29, 1.82) is 0 Å². The average Bonchev–Trinajstić information content (AvgIpc) is 3.85. The van der Waals surface area contributed by atoms with Gasteiger partial charge in [0.15, 0.2) is 23.8 Å². The molecule has 3 aromatic rings. The van der Waals surface area contributed by atoms with Gasteiger partial charge in [-0.25, -0.2) is 9.67 Å². The van der Waals surface area contributed by atoms with Crippen molar-refractivity contribution in [3.63, 3.8) is 0 Å². The number of nitrogens with zero attached hydrogens (tertiary/aromatic N) is 6. The Balaban J connectivity index is 1.25. The van der Waals surface area contributed by atoms with Gasteiger partial charge >= 0.3 is 0 Å². The minimum absolute atomic E-state index is 0.113. The fourth-order valence-corrected chi connectivity index (χ4v) is 8.36. The van der Waals surface area contributed by atoms with Gasteiger partial charge in [0, 0.05) is 18.6 Å². The molecule has 1 unspecified atom stereocenters. The summed E-state index contributed by atoms with van der Waals surface area (Å²) in [7, 11) is 2.09. The standard InChI is InChI=1S/C32H40N6O5/c1-3-24(23-11-9-16-37(23)2)42-30-22-20-33-38(25-12-4-7-17-39-25)29(22)34-28(35-30)26-21-10-8-14-31(27(21)36-43-26)13-5-6-15-32(31)40-18-19-41-32/h1,20,23-25H,4-19H2,2H3/t23-,24-,25?,31-/m0/s1. The molecule has 5 aliphatic rings. The molecule has 8 rings (SSSR count). The normalized spacial score (nSPS) is 29.7. The lowest BCUT2D eigenvalue weighted by Crippen LogP contribution is -2.56. The van der Waals surface area contributed by atoms with Crippen molar-refractivity contribution in [2.24, 2.45) is 0 Å². The van der Waals surface area contributed by atoms with Crippen molar-refractivity contribution in [1.82, 2.24) is 29.8 Å². The van der Waals surface area contributed by atoms with Crippen LogP contribution in [-0.4, -0.2) is 81.2 Å². The summed E-state index contributed by atoms with van der Waals surface area (Å²) >= 11 is 0. The highest BCUT2D eigenvalue weighted by Gasteiger charge is 2.61. The summed E-state index contributed by atoms with van der Waals surface area (Å²) in [5.41, 5.74) is 2.30. The zero-order chi connectivity index (χ0) is 29.0. The maximum absolute atomic E-state index is 6.58. The van der Waals surface area contributed by atoms with Gasteiger partial charge in [0.25, 0.3) is 0 Å². The highest BCUT2D eigenvalue weighted by molar-refractivity contribution is 5.82. The van der Waals surface area contributed by atoms with Gasteiger partial charge in [0.05, 0.1) is 36.6 Å². The minimum atomic E-state index is -0.641. The van der Waals surface area contributed by atoms with Crippen LogP contribution in [-0.2, 0) is 26.0 Å². The molecule has 3 aliphatic heterocycles. The molecule has 0 bridgehead atoms. The van der Waals surface area contributed by atoms with Crippen molar-refractivity contribution in [2.75, 3.05) is 33.4 Å². The predicted molar refractivity (Wildman–Crippen MR) is 156 cm³/mol. The van der Waals surface area contributed by atoms with Crippen LogP contribution in [0.1, 0.15) is 88.1 Å². The van der Waals surface area contributed by atoms with E-state index in [4.69, 9.17) is 50.1 Å². The number of hydrogen-bond acceptors (Lipinski definition) is 10. The molecular weight excluding hydrogens is 548 g/mol. The number of fused-ring (bicyclic) bond motifs is 4. The SMILES string of the molecule is C#C[C@H](Oc1nc(-c2onc3c2CCC[C@@]32CCCCC23OCCO3)nc2c1cnn2C1CCCCO1)[C@@H]1CCCN1C. The molecular formula is C32H40N6O5. The second kappa shape index (κ2) is 10.8. The fourth-order valence-electron chi connectivity index (χ4n) is 8.36. The van der Waals surface area contributed by atoms with Gasteiger partial charge in [0.2, 0.25) is 17.5 Å². The lowest BCUT2D eigenvalue weighted by molar-refractivity contribution is -0.231. The molecule has 0 radical (unpaired) electrons. The van der Waals surface area contributed by atoms with Gasteiger partial charge < -0.3 is 23.5 Å². The van der Waals surface area contributed by atoms with Crippen LogP contribution in [0.25, 0.3) is 22.6 Å². The molecule has 0 amide bonds. The number of likely N-dealkylation sites (N-methyl/N-ethyl adjacent to an activating group) is 1. The summed E-state index contributed by atoms with van der Waals surface area (Å²) in [4.78, 5) is 12.3. The maximum Gasteiger partial charge on any atom is 0.229 e. The number of likely N-dealkylation sites (tertiary alicyclic amines) is 1. The van der Waals surface area contributed by atoms with Gasteiger partial charge in [-0.1, -0.05) is 17.5 Å². The van der Waals surface area contributed by atoms with Crippen LogP contribution in [0.2, 0.25) is 0 Å². The van der Waals surface area contributed by atoms with Crippen molar-refractivity contribution < 1.29 is 23.5 Å². The lowest BCUT2D eigenvalue weighted by Gasteiger charge is -2.50. The largest absolute Gasteiger partial charge is 0.459 e. The van der Waals surface area contributed by atoms with E-state index in [1.807, 2.05) is 4.68 Å². The molecule has 1 saturated carbocycles. The highest BCUT2D eigenvalue weighted by atomic mass is 16.7. The number of rotatable bonds is 5. The maximum atomic E-state index is 6.58. The van der Waals surface area contributed by atoms with Crippen LogP contribution in [0.3, 0.4) is 0 Å². The summed E-state index contributed by atoms with van der Waals surface area (Å²) in [5, 5.41) is 10.2. The summed E-state index contributed by atoms with van der Waals surface area (Å²) in [6.07, 6.45) is 19.0. The number of hydrogen-bond donors (Lipinski definition) is 0. The minimum Gasteiger partial charge on any atom is -0.459 e. The molecule has 0 aromatic carbocycles. The highest BCUT2D eigenvalue weighted by Crippen LogP contribution is 2.57. The third-order valence-electron chi connectivity index (χ3n) is 10.5. The number of ether oxygens (including phenoxy) is 4. The first-order chi connectivity index (χ1) is 21.1. The first kappa shape index (κ1) is 27.5. The molecule has 2 aliphatic carbocycles. The molecule has 43 heavy (non-hydrogen) atoms. The van der Waals surface area contributed by atoms with Gasteiger partial charge in [-0.2, -0.15) is 10.1 Å². The van der Waals surface area contributed by atoms with Crippen LogP contribution >= 0.6 is 0 Å². The van der Waals surface area contributed by atoms with E-state index in [2.05, 4.69) is 17.9 Å². The second-order valence-electron chi connectivity index (χ2n) is 12.8. The van der Waals surface area contributed by atoms with Crippen LogP contribution in [0, 0.1) is 12.3 Å². The van der Waals surface area contributed by atoms with E-state index in [9.17, 15) is 0 Å². The first-order valence-corrected chi connectivity index (χ1v) is 16.1. The van der Waals surface area contributed by atoms with Gasteiger partial charge in [-0.3, -0.25) is 4.90 Å². The first-order valence-electron chi connectivity index (χ1n) is 16.1. The van der Waals surface area contributed by atoms with Crippen LogP contribution in [0.4, 0.5) is 0 Å². The Morgan fingerprint density at radius 1 is 1.02 bits per heavy atom. The molecule has 0 N–H and O–H groups in total. The monoisotopic (exact) mass is 588 g/mol. The molecule has 11 nitrogen and oxygen atoms in total. The molecule has 3 aromatic heterocycles. The molecule has 4 atom stereocenters. The summed E-state index contributed by atoms with van der Waals surface area (Å²) in [6.45, 7) is 2.92. The Hall–Kier alpha value is -3.04. The Morgan fingerprint density at radius 2 is 1.88 bits per heavy atom. The van der Waals surface area contributed by atoms with Crippen molar-refractivity contribution >= 4 is 11.0 Å². The quantitative estimate of drug-likeness (QED) is 0.394. The Kier molecular flexibility index (Phi) is 6.93. The van der Waals surface area contributed by atoms with E-state index < -0.39 is 11.9 Å². The van der Waals surface area contributed by atoms with Gasteiger partial charge in [0.1, 0.15) is 5.39 Å². The fraction of sp³-hybridized carbons (Fsp3) is 0.688. The van der Waals surface area contributed by atoms with E-state index >= 15 is 0 Å². The Morgan fingerprint density at radius 3 is 2.67 bits per heavy atom. The van der Waals surface area contributed by atoms with Crippen LogP contribution < -0.4 is 4.74 Å². The third-order valence-corrected chi connectivity index (χ3v) is 10.5. The zero-order valence-corrected chi connectivity index (χ0v) is 24.9. The smallest absolute Gasteiger partial charge is 0.229 e. The predicted octanol–water partition coefficient (Wildman–Crippen LogP) is 4.55. The zero-order valence-electron chi connectivity index (χ0n) is 24.9. The third kappa shape index (κ3) is 4.32. The summed E-state index contributed by atoms with van der Waals surface area (Å²) in [5.74, 6) is 3.67. The van der Waals surface area contributed by atoms with E-state index in [0.29, 0.717) is 48.3 Å². The van der Waals surface area contributed by atoms with Gasteiger partial charge in [-0.05, 0) is 77.8 Å². The number of terminal acetylenes is 1. The second-order valence-corrected chi connectivity index (χ2v) is 12.8. The Bertz CT molecular complexity index is 1530. The molecule has 3 saturated heterocycles. The molecule has 11 heteroatoms. The average molecular weight is 589 g/mol. The lowest BCUT2D eigenvalue weighted by atomic mass is 9.61. The van der Waals surface area contributed by atoms with Gasteiger partial charge in [-0.15, -0.1) is 6.42 Å². The molecule has 228 valence electrons. The number of aromatic nitrogens is 5. The van der Waals surface area contributed by atoms with E-state index in [-0.39, 0.29) is 17.7 Å². The molecule has 4 fully saturated rings. The van der Waals surface area contributed by atoms with Crippen molar-refractivity contribution in [3.05, 3.63) is 17.5 Å². The van der Waals surface area contributed by atoms with Crippen LogP contribution in [0.5, 0.6) is 5.88 Å². The summed E-state index contributed by atoms with van der Waals surface area (Å²) < 4.78 is 33.6. The van der Waals surface area contributed by atoms with E-state index in [1.54, 1.807) is 6.20 Å². The van der Waals surface area contributed by atoms with E-state index in [0.717, 1.165) is 94.9 Å². The van der Waals surface area contributed by atoms with Crippen molar-refractivity contribution in [3.8, 4) is 29.8 Å². The molecule has 2 spiro atoms. The Labute approximate surface area is 251 Å². The van der Waals surface area contributed by atoms with Crippen LogP contribution in [0.15, 0.2) is 10.7 Å². The molecule has 6 heterocycles. The topological polar surface area (TPSA) is 110 Å². The van der Waals surface area contributed by atoms with E-state index in [1.165, 1.54) is 0 Å². The van der Waals surface area contributed by atoms with Crippen molar-refractivity contribution in [2.45, 2.75) is 107 Å². The summed E-state index contributed by atoms with van der Waals surface area (Å²) in [6, 6.07) is 0.113.